The van der Waals surface area contributed by atoms with Crippen LogP contribution in [-0.2, 0) is 0 Å². The molecule has 1 aliphatic carbocycles. The SMILES string of the molecule is NC(CCC1CC1)C1COc2ccccc2O1. The Morgan fingerprint density at radius 3 is 2.76 bits per heavy atom. The standard InChI is InChI=1S/C14H19NO2/c15-11(8-7-10-5-6-10)14-9-16-12-3-1-2-4-13(12)17-14/h1-4,10-11,14H,5-9,15H2. The molecule has 2 aliphatic rings. The number of hydrogen-bond acceptors (Lipinski definition) is 3. The Morgan fingerprint density at radius 1 is 1.24 bits per heavy atom. The quantitative estimate of drug-likeness (QED) is 0.868. The summed E-state index contributed by atoms with van der Waals surface area (Å²) in [7, 11) is 0. The molecule has 0 bridgehead atoms. The summed E-state index contributed by atoms with van der Waals surface area (Å²) in [6, 6.07) is 7.87. The second-order valence-electron chi connectivity index (χ2n) is 5.10. The zero-order valence-electron chi connectivity index (χ0n) is 9.97. The normalized spacial score (nSPS) is 24.4. The van der Waals surface area contributed by atoms with Crippen molar-refractivity contribution in [3.63, 3.8) is 0 Å². The summed E-state index contributed by atoms with van der Waals surface area (Å²) >= 11 is 0. The van der Waals surface area contributed by atoms with Gasteiger partial charge in [-0.15, -0.1) is 0 Å². The Bertz CT molecular complexity index is 390. The van der Waals surface area contributed by atoms with Gasteiger partial charge in [0.25, 0.3) is 0 Å². The van der Waals surface area contributed by atoms with Crippen molar-refractivity contribution in [1.82, 2.24) is 0 Å². The van der Waals surface area contributed by atoms with E-state index < -0.39 is 0 Å². The van der Waals surface area contributed by atoms with Crippen LogP contribution in [0.3, 0.4) is 0 Å². The van der Waals surface area contributed by atoms with Gasteiger partial charge in [0, 0.05) is 6.04 Å². The van der Waals surface area contributed by atoms with Gasteiger partial charge < -0.3 is 15.2 Å². The van der Waals surface area contributed by atoms with Crippen LogP contribution < -0.4 is 15.2 Å². The van der Waals surface area contributed by atoms with E-state index in [1.54, 1.807) is 0 Å². The summed E-state index contributed by atoms with van der Waals surface area (Å²) in [6.45, 7) is 0.572. The van der Waals surface area contributed by atoms with E-state index in [2.05, 4.69) is 0 Å². The third-order valence-corrected chi connectivity index (χ3v) is 3.61. The van der Waals surface area contributed by atoms with E-state index in [1.807, 2.05) is 24.3 Å². The van der Waals surface area contributed by atoms with E-state index in [0.29, 0.717) is 6.61 Å². The lowest BCUT2D eigenvalue weighted by atomic mass is 10.0. The molecule has 92 valence electrons. The number of rotatable bonds is 4. The number of fused-ring (bicyclic) bond motifs is 1. The Kier molecular flexibility index (Phi) is 2.93. The minimum absolute atomic E-state index is 0.00338. The molecule has 2 N–H and O–H groups in total. The lowest BCUT2D eigenvalue weighted by molar-refractivity contribution is 0.0692. The number of ether oxygens (including phenoxy) is 2. The summed E-state index contributed by atoms with van der Waals surface area (Å²) in [6.07, 6.45) is 5.06. The van der Waals surface area contributed by atoms with Crippen molar-refractivity contribution in [2.75, 3.05) is 6.61 Å². The van der Waals surface area contributed by atoms with E-state index in [4.69, 9.17) is 15.2 Å². The number of hydrogen-bond donors (Lipinski definition) is 1. The maximum atomic E-state index is 6.18. The highest BCUT2D eigenvalue weighted by molar-refractivity contribution is 5.40. The molecule has 3 heteroatoms. The van der Waals surface area contributed by atoms with Crippen molar-refractivity contribution in [3.05, 3.63) is 24.3 Å². The van der Waals surface area contributed by atoms with Gasteiger partial charge in [-0.3, -0.25) is 0 Å². The fourth-order valence-corrected chi connectivity index (χ4v) is 2.27. The summed E-state index contributed by atoms with van der Waals surface area (Å²) in [5.41, 5.74) is 6.18. The molecule has 0 radical (unpaired) electrons. The van der Waals surface area contributed by atoms with Crippen molar-refractivity contribution >= 4 is 0 Å². The van der Waals surface area contributed by atoms with Crippen LogP contribution in [0.1, 0.15) is 25.7 Å². The molecule has 1 aromatic rings. The first-order valence-corrected chi connectivity index (χ1v) is 6.47. The molecule has 1 fully saturated rings. The second kappa shape index (κ2) is 4.57. The van der Waals surface area contributed by atoms with Crippen LogP contribution in [0.4, 0.5) is 0 Å². The third-order valence-electron chi connectivity index (χ3n) is 3.61. The van der Waals surface area contributed by atoms with Gasteiger partial charge in [-0.25, -0.2) is 0 Å². The van der Waals surface area contributed by atoms with E-state index in [0.717, 1.165) is 23.8 Å². The van der Waals surface area contributed by atoms with Crippen LogP contribution in [0.5, 0.6) is 11.5 Å². The molecule has 2 unspecified atom stereocenters. The maximum Gasteiger partial charge on any atom is 0.161 e. The fraction of sp³-hybridized carbons (Fsp3) is 0.571. The Balaban J connectivity index is 1.58. The molecular weight excluding hydrogens is 214 g/mol. The summed E-state index contributed by atoms with van der Waals surface area (Å²) in [4.78, 5) is 0. The van der Waals surface area contributed by atoms with E-state index in [-0.39, 0.29) is 12.1 Å². The summed E-state index contributed by atoms with van der Waals surface area (Å²) in [5.74, 6) is 2.58. The maximum absolute atomic E-state index is 6.18. The smallest absolute Gasteiger partial charge is 0.161 e. The van der Waals surface area contributed by atoms with Gasteiger partial charge >= 0.3 is 0 Å². The molecule has 0 amide bonds. The van der Waals surface area contributed by atoms with E-state index in [1.165, 1.54) is 19.3 Å². The molecule has 17 heavy (non-hydrogen) atoms. The van der Waals surface area contributed by atoms with Crippen molar-refractivity contribution < 1.29 is 9.47 Å². The Labute approximate surface area is 102 Å². The van der Waals surface area contributed by atoms with Crippen LogP contribution in [-0.4, -0.2) is 18.8 Å². The largest absolute Gasteiger partial charge is 0.486 e. The molecule has 0 aromatic heterocycles. The topological polar surface area (TPSA) is 44.5 Å². The summed E-state index contributed by atoms with van der Waals surface area (Å²) in [5, 5.41) is 0. The molecule has 1 saturated carbocycles. The van der Waals surface area contributed by atoms with Gasteiger partial charge in [0.1, 0.15) is 12.7 Å². The first-order chi connectivity index (χ1) is 8.33. The summed E-state index contributed by atoms with van der Waals surface area (Å²) < 4.78 is 11.6. The lowest BCUT2D eigenvalue weighted by Gasteiger charge is -2.30. The Hall–Kier alpha value is -1.22. The zero-order chi connectivity index (χ0) is 11.7. The molecule has 1 aromatic carbocycles. The first-order valence-electron chi connectivity index (χ1n) is 6.47. The van der Waals surface area contributed by atoms with Crippen LogP contribution in [0, 0.1) is 5.92 Å². The van der Waals surface area contributed by atoms with Crippen molar-refractivity contribution in [3.8, 4) is 11.5 Å². The minimum atomic E-state index is 0.00338. The van der Waals surface area contributed by atoms with E-state index in [9.17, 15) is 0 Å². The zero-order valence-corrected chi connectivity index (χ0v) is 9.97. The highest BCUT2D eigenvalue weighted by Gasteiger charge is 2.28. The van der Waals surface area contributed by atoms with Crippen molar-refractivity contribution in [1.29, 1.82) is 0 Å². The lowest BCUT2D eigenvalue weighted by Crippen LogP contribution is -2.44. The van der Waals surface area contributed by atoms with Crippen LogP contribution >= 0.6 is 0 Å². The van der Waals surface area contributed by atoms with E-state index >= 15 is 0 Å². The van der Waals surface area contributed by atoms with Gasteiger partial charge in [0.05, 0.1) is 0 Å². The van der Waals surface area contributed by atoms with Gasteiger partial charge in [0.2, 0.25) is 0 Å². The highest BCUT2D eigenvalue weighted by Crippen LogP contribution is 2.35. The number of nitrogens with two attached hydrogens (primary N) is 1. The number of benzene rings is 1. The molecule has 0 spiro atoms. The minimum Gasteiger partial charge on any atom is -0.486 e. The second-order valence-corrected chi connectivity index (χ2v) is 5.10. The first kappa shape index (κ1) is 10.9. The van der Waals surface area contributed by atoms with Gasteiger partial charge in [-0.2, -0.15) is 0 Å². The van der Waals surface area contributed by atoms with Crippen LogP contribution in [0.15, 0.2) is 24.3 Å². The average Bonchev–Trinajstić information content (AvgIpc) is 3.19. The predicted molar refractivity (Wildman–Crippen MR) is 66.3 cm³/mol. The van der Waals surface area contributed by atoms with Gasteiger partial charge in [-0.1, -0.05) is 25.0 Å². The van der Waals surface area contributed by atoms with Crippen molar-refractivity contribution in [2.45, 2.75) is 37.8 Å². The molecule has 2 atom stereocenters. The van der Waals surface area contributed by atoms with Crippen molar-refractivity contribution in [2.24, 2.45) is 11.7 Å². The Morgan fingerprint density at radius 2 is 2.00 bits per heavy atom. The van der Waals surface area contributed by atoms with Gasteiger partial charge in [0.15, 0.2) is 11.5 Å². The third kappa shape index (κ3) is 2.55. The molecule has 3 nitrogen and oxygen atoms in total. The van der Waals surface area contributed by atoms with Gasteiger partial charge in [-0.05, 0) is 30.9 Å². The monoisotopic (exact) mass is 233 g/mol. The molecule has 3 rings (SSSR count). The molecule has 1 heterocycles. The average molecular weight is 233 g/mol. The fourth-order valence-electron chi connectivity index (χ4n) is 2.27. The highest BCUT2D eigenvalue weighted by atomic mass is 16.6. The van der Waals surface area contributed by atoms with Crippen LogP contribution in [0.2, 0.25) is 0 Å². The number of para-hydroxylation sites is 2. The predicted octanol–water partition coefficient (Wildman–Crippen LogP) is 2.34. The molecule has 1 aliphatic heterocycles. The van der Waals surface area contributed by atoms with Crippen LogP contribution in [0.25, 0.3) is 0 Å². The molecular formula is C14H19NO2. The molecule has 0 saturated heterocycles.